The minimum absolute atomic E-state index is 0.0114. The van der Waals surface area contributed by atoms with Crippen LogP contribution in [0.3, 0.4) is 0 Å². The fourth-order valence-electron chi connectivity index (χ4n) is 3.72. The molecule has 2 aliphatic rings. The molecule has 4 N–H and O–H groups in total. The number of carbonyl (C=O) groups is 2. The molecule has 1 saturated carbocycles. The predicted molar refractivity (Wildman–Crippen MR) is 99.5 cm³/mol. The van der Waals surface area contributed by atoms with Gasteiger partial charge in [-0.15, -0.1) is 0 Å². The summed E-state index contributed by atoms with van der Waals surface area (Å²) in [6.45, 7) is 3.44. The molecule has 3 unspecified atom stereocenters. The van der Waals surface area contributed by atoms with Gasteiger partial charge in [-0.3, -0.25) is 0 Å². The molecule has 4 amide bonds. The molecule has 0 radical (unpaired) electrons. The van der Waals surface area contributed by atoms with Crippen LogP contribution in [-0.2, 0) is 12.7 Å². The van der Waals surface area contributed by atoms with Crippen LogP contribution in [0.25, 0.3) is 0 Å². The predicted octanol–water partition coefficient (Wildman–Crippen LogP) is 2.89. The number of fused-ring (bicyclic) bond motifs is 1. The molecule has 3 atom stereocenters. The smallest absolute Gasteiger partial charge is 0.416 e. The number of benzene rings is 1. The molecule has 1 heterocycles. The molecule has 3 rings (SSSR count). The van der Waals surface area contributed by atoms with Gasteiger partial charge in [0, 0.05) is 12.1 Å². The quantitative estimate of drug-likeness (QED) is 0.597. The number of rotatable bonds is 5. The van der Waals surface area contributed by atoms with E-state index in [9.17, 15) is 22.8 Å². The average molecular weight is 414 g/mol. The second-order valence-electron chi connectivity index (χ2n) is 7.60. The maximum atomic E-state index is 13.0. The summed E-state index contributed by atoms with van der Waals surface area (Å²) in [6, 6.07) is 2.12. The Morgan fingerprint density at radius 2 is 2.03 bits per heavy atom. The summed E-state index contributed by atoms with van der Waals surface area (Å²) in [7, 11) is 0. The van der Waals surface area contributed by atoms with Gasteiger partial charge in [0.2, 0.25) is 0 Å². The van der Waals surface area contributed by atoms with Crippen LogP contribution in [0, 0.1) is 0 Å². The highest BCUT2D eigenvalue weighted by molar-refractivity contribution is 5.78. The Bertz CT molecular complexity index is 770. The summed E-state index contributed by atoms with van der Waals surface area (Å²) >= 11 is 0. The van der Waals surface area contributed by atoms with E-state index in [-0.39, 0.29) is 42.6 Å². The lowest BCUT2D eigenvalue weighted by Crippen LogP contribution is -2.56. The Balaban J connectivity index is 1.62. The van der Waals surface area contributed by atoms with E-state index in [1.807, 2.05) is 0 Å². The largest absolute Gasteiger partial charge is 0.491 e. The molecule has 10 heteroatoms. The maximum Gasteiger partial charge on any atom is 0.416 e. The van der Waals surface area contributed by atoms with E-state index < -0.39 is 17.8 Å². The van der Waals surface area contributed by atoms with Gasteiger partial charge >= 0.3 is 18.2 Å². The third-order valence-electron chi connectivity index (χ3n) is 5.02. The monoisotopic (exact) mass is 414 g/mol. The van der Waals surface area contributed by atoms with Gasteiger partial charge in [0.1, 0.15) is 5.75 Å². The van der Waals surface area contributed by atoms with Gasteiger partial charge in [-0.25, -0.2) is 9.59 Å². The van der Waals surface area contributed by atoms with Crippen LogP contribution in [0.5, 0.6) is 5.75 Å². The molecular weight excluding hydrogens is 389 g/mol. The Morgan fingerprint density at radius 1 is 1.28 bits per heavy atom. The van der Waals surface area contributed by atoms with Crippen molar-refractivity contribution < 1.29 is 27.5 Å². The standard InChI is InChI=1S/C19H25F3N4O3/c1-10(2)29-15-8-12(19(20,21)22)7-6-11(15)9-23-17(27)24-13-4-3-5-14-16(13)26-18(28)25-14/h6-8,10,13-14,16H,3-5,9H2,1-2H3,(H2,23,24,27)(H2,25,26,28). The fourth-order valence-corrected chi connectivity index (χ4v) is 3.72. The van der Waals surface area contributed by atoms with E-state index in [4.69, 9.17) is 4.74 Å². The van der Waals surface area contributed by atoms with Gasteiger partial charge in [0.15, 0.2) is 0 Å². The summed E-state index contributed by atoms with van der Waals surface area (Å²) in [5.41, 5.74) is -0.363. The van der Waals surface area contributed by atoms with Gasteiger partial charge in [-0.1, -0.05) is 6.07 Å². The Labute approximate surface area is 166 Å². The second-order valence-corrected chi connectivity index (χ2v) is 7.60. The molecule has 1 saturated heterocycles. The van der Waals surface area contributed by atoms with Gasteiger partial charge in [-0.2, -0.15) is 13.2 Å². The summed E-state index contributed by atoms with van der Waals surface area (Å²) in [5.74, 6) is 0.0834. The first-order valence-corrected chi connectivity index (χ1v) is 9.61. The Hall–Kier alpha value is -2.65. The number of hydrogen-bond acceptors (Lipinski definition) is 3. The van der Waals surface area contributed by atoms with Crippen molar-refractivity contribution in [1.82, 2.24) is 21.3 Å². The number of halogens is 3. The molecule has 1 aromatic carbocycles. The zero-order chi connectivity index (χ0) is 21.2. The molecule has 1 aliphatic carbocycles. The van der Waals surface area contributed by atoms with Crippen molar-refractivity contribution in [3.05, 3.63) is 29.3 Å². The van der Waals surface area contributed by atoms with Crippen LogP contribution in [0.15, 0.2) is 18.2 Å². The third kappa shape index (κ3) is 5.24. The number of urea groups is 2. The van der Waals surface area contributed by atoms with Crippen molar-refractivity contribution in [1.29, 1.82) is 0 Å². The maximum absolute atomic E-state index is 13.0. The van der Waals surface area contributed by atoms with Crippen LogP contribution in [0.2, 0.25) is 0 Å². The molecule has 1 aromatic rings. The van der Waals surface area contributed by atoms with Crippen LogP contribution in [-0.4, -0.2) is 36.3 Å². The van der Waals surface area contributed by atoms with Crippen molar-refractivity contribution in [2.45, 2.75) is 70.1 Å². The van der Waals surface area contributed by atoms with Crippen molar-refractivity contribution in [3.8, 4) is 5.75 Å². The van der Waals surface area contributed by atoms with E-state index in [2.05, 4.69) is 21.3 Å². The van der Waals surface area contributed by atoms with E-state index in [1.165, 1.54) is 6.07 Å². The highest BCUT2D eigenvalue weighted by atomic mass is 19.4. The molecule has 0 aromatic heterocycles. The number of nitrogens with one attached hydrogen (secondary N) is 4. The third-order valence-corrected chi connectivity index (χ3v) is 5.02. The summed E-state index contributed by atoms with van der Waals surface area (Å²) in [6.07, 6.45) is -2.33. The minimum atomic E-state index is -4.48. The molecule has 0 spiro atoms. The number of carbonyl (C=O) groups excluding carboxylic acids is 2. The molecule has 1 aliphatic heterocycles. The lowest BCUT2D eigenvalue weighted by atomic mass is 9.87. The molecule has 7 nitrogen and oxygen atoms in total. The zero-order valence-electron chi connectivity index (χ0n) is 16.2. The zero-order valence-corrected chi connectivity index (χ0v) is 16.2. The molecule has 160 valence electrons. The number of ether oxygens (including phenoxy) is 1. The molecular formula is C19H25F3N4O3. The minimum Gasteiger partial charge on any atom is -0.491 e. The van der Waals surface area contributed by atoms with Gasteiger partial charge in [0.25, 0.3) is 0 Å². The van der Waals surface area contributed by atoms with E-state index in [1.54, 1.807) is 13.8 Å². The topological polar surface area (TPSA) is 91.5 Å². The van der Waals surface area contributed by atoms with E-state index in [0.717, 1.165) is 31.4 Å². The fraction of sp³-hybridized carbons (Fsp3) is 0.579. The summed E-state index contributed by atoms with van der Waals surface area (Å²) in [4.78, 5) is 23.9. The van der Waals surface area contributed by atoms with Crippen LogP contribution < -0.4 is 26.0 Å². The van der Waals surface area contributed by atoms with Crippen molar-refractivity contribution in [3.63, 3.8) is 0 Å². The lowest BCUT2D eigenvalue weighted by Gasteiger charge is -2.32. The first-order chi connectivity index (χ1) is 13.6. The van der Waals surface area contributed by atoms with Crippen molar-refractivity contribution in [2.24, 2.45) is 0 Å². The lowest BCUT2D eigenvalue weighted by molar-refractivity contribution is -0.137. The molecule has 0 bridgehead atoms. The van der Waals surface area contributed by atoms with E-state index >= 15 is 0 Å². The average Bonchev–Trinajstić information content (AvgIpc) is 3.00. The Kier molecular flexibility index (Phi) is 6.09. The van der Waals surface area contributed by atoms with E-state index in [0.29, 0.717) is 5.56 Å². The van der Waals surface area contributed by atoms with Crippen LogP contribution in [0.4, 0.5) is 22.8 Å². The van der Waals surface area contributed by atoms with Crippen LogP contribution in [0.1, 0.15) is 44.2 Å². The van der Waals surface area contributed by atoms with Gasteiger partial charge in [0.05, 0.1) is 29.8 Å². The second kappa shape index (κ2) is 8.38. The summed E-state index contributed by atoms with van der Waals surface area (Å²) in [5, 5.41) is 11.2. The molecule has 2 fully saturated rings. The normalized spacial score (nSPS) is 23.8. The van der Waals surface area contributed by atoms with Crippen molar-refractivity contribution >= 4 is 12.1 Å². The van der Waals surface area contributed by atoms with Crippen LogP contribution >= 0.6 is 0 Å². The molecule has 29 heavy (non-hydrogen) atoms. The Morgan fingerprint density at radius 3 is 2.72 bits per heavy atom. The summed E-state index contributed by atoms with van der Waals surface area (Å²) < 4.78 is 44.4. The SMILES string of the molecule is CC(C)Oc1cc(C(F)(F)F)ccc1CNC(=O)NC1CCCC2NC(=O)NC12. The first-order valence-electron chi connectivity index (χ1n) is 9.61. The number of amides is 4. The number of hydrogen-bond donors (Lipinski definition) is 4. The highest BCUT2D eigenvalue weighted by Crippen LogP contribution is 2.33. The highest BCUT2D eigenvalue weighted by Gasteiger charge is 2.40. The van der Waals surface area contributed by atoms with Crippen molar-refractivity contribution in [2.75, 3.05) is 0 Å². The van der Waals surface area contributed by atoms with Gasteiger partial charge in [-0.05, 0) is 45.2 Å². The first kappa shape index (κ1) is 21.1. The van der Waals surface area contributed by atoms with Gasteiger partial charge < -0.3 is 26.0 Å². The number of alkyl halides is 3.